The van der Waals surface area contributed by atoms with Crippen molar-refractivity contribution in [2.24, 2.45) is 0 Å². The number of benzene rings is 1. The van der Waals surface area contributed by atoms with Gasteiger partial charge in [0.15, 0.2) is 0 Å². The maximum atomic E-state index is 13.7. The van der Waals surface area contributed by atoms with Crippen LogP contribution in [0.3, 0.4) is 0 Å². The molecular weight excluding hydrogens is 327 g/mol. The zero-order valence-corrected chi connectivity index (χ0v) is 13.7. The average molecular weight is 346 g/mol. The van der Waals surface area contributed by atoms with E-state index in [1.54, 1.807) is 6.92 Å². The number of nitrogens with zero attached hydrogens (tertiary/aromatic N) is 1. The van der Waals surface area contributed by atoms with Gasteiger partial charge in [0, 0.05) is 19.6 Å². The lowest BCUT2D eigenvalue weighted by Gasteiger charge is -2.17. The molecule has 0 aliphatic carbocycles. The van der Waals surface area contributed by atoms with Gasteiger partial charge in [-0.15, -0.1) is 0 Å². The number of amides is 1. The van der Waals surface area contributed by atoms with Gasteiger partial charge >= 0.3 is 5.97 Å². The number of nitrogens with one attached hydrogen (secondary N) is 1. The molecule has 1 amide bonds. The minimum absolute atomic E-state index is 0.172. The van der Waals surface area contributed by atoms with Crippen LogP contribution < -0.4 is 5.32 Å². The number of carbonyl (C=O) groups excluding carboxylic acids is 1. The van der Waals surface area contributed by atoms with Gasteiger partial charge in [-0.3, -0.25) is 4.79 Å². The molecule has 23 heavy (non-hydrogen) atoms. The first-order chi connectivity index (χ1) is 10.7. The predicted octanol–water partition coefficient (Wildman–Crippen LogP) is 0.925. The lowest BCUT2D eigenvalue weighted by atomic mass is 10.1. The van der Waals surface area contributed by atoms with E-state index in [9.17, 15) is 22.4 Å². The Hall–Kier alpha value is -2.00. The Balaban J connectivity index is 2.56. The second-order valence-corrected chi connectivity index (χ2v) is 6.85. The van der Waals surface area contributed by atoms with Crippen molar-refractivity contribution in [1.29, 1.82) is 0 Å². The van der Waals surface area contributed by atoms with Crippen LogP contribution in [0.25, 0.3) is 0 Å². The molecule has 0 aliphatic rings. The predicted molar refractivity (Wildman–Crippen MR) is 82.4 cm³/mol. The molecule has 0 saturated carbocycles. The maximum Gasteiger partial charge on any atom is 0.335 e. The number of halogens is 1. The fraction of sp³-hybridized carbons (Fsp3) is 0.429. The van der Waals surface area contributed by atoms with E-state index in [0.717, 1.165) is 24.5 Å². The molecule has 0 saturated heterocycles. The summed E-state index contributed by atoms with van der Waals surface area (Å²) in [5.74, 6) is -2.88. The van der Waals surface area contributed by atoms with Crippen molar-refractivity contribution in [2.45, 2.75) is 13.3 Å². The number of aromatic carboxylic acids is 1. The molecule has 9 heteroatoms. The van der Waals surface area contributed by atoms with Crippen LogP contribution in [0.4, 0.5) is 4.39 Å². The highest BCUT2D eigenvalue weighted by molar-refractivity contribution is 7.88. The molecular formula is C14H19FN2O5S. The summed E-state index contributed by atoms with van der Waals surface area (Å²) in [6, 6.07) is 3.02. The van der Waals surface area contributed by atoms with Gasteiger partial charge in [0.05, 0.1) is 17.4 Å². The Kier molecular flexibility index (Phi) is 6.64. The summed E-state index contributed by atoms with van der Waals surface area (Å²) in [7, 11) is -3.28. The first-order valence-electron chi connectivity index (χ1n) is 6.93. The van der Waals surface area contributed by atoms with E-state index in [1.165, 1.54) is 4.31 Å². The quantitative estimate of drug-likeness (QED) is 0.682. The number of sulfonamides is 1. The monoisotopic (exact) mass is 346 g/mol. The van der Waals surface area contributed by atoms with Crippen molar-refractivity contribution in [3.63, 3.8) is 0 Å². The molecule has 1 aromatic carbocycles. The first kappa shape index (κ1) is 19.0. The highest BCUT2D eigenvalue weighted by Crippen LogP contribution is 2.10. The lowest BCUT2D eigenvalue weighted by molar-refractivity contribution is 0.0695. The highest BCUT2D eigenvalue weighted by atomic mass is 32.2. The lowest BCUT2D eigenvalue weighted by Crippen LogP contribution is -2.33. The van der Waals surface area contributed by atoms with E-state index in [-0.39, 0.29) is 24.2 Å². The molecule has 0 spiro atoms. The van der Waals surface area contributed by atoms with Gasteiger partial charge in [-0.25, -0.2) is 21.9 Å². The Morgan fingerprint density at radius 3 is 2.48 bits per heavy atom. The van der Waals surface area contributed by atoms with Crippen molar-refractivity contribution < 1.29 is 27.5 Å². The van der Waals surface area contributed by atoms with Gasteiger partial charge in [-0.2, -0.15) is 0 Å². The number of carboxylic acids is 1. The second-order valence-electron chi connectivity index (χ2n) is 4.86. The standard InChI is InChI=1S/C14H19FN2O5S/c1-3-17(23(2,21)22)8-4-7-16-13(18)11-6-5-10(14(19)20)9-12(11)15/h5-6,9H,3-4,7-8H2,1-2H3,(H,16,18)(H,19,20). The molecule has 7 nitrogen and oxygen atoms in total. The summed E-state index contributed by atoms with van der Waals surface area (Å²) >= 11 is 0. The van der Waals surface area contributed by atoms with E-state index >= 15 is 0 Å². The van der Waals surface area contributed by atoms with Crippen molar-refractivity contribution >= 4 is 21.9 Å². The van der Waals surface area contributed by atoms with Crippen LogP contribution in [-0.2, 0) is 10.0 Å². The van der Waals surface area contributed by atoms with Crippen LogP contribution in [0.1, 0.15) is 34.1 Å². The average Bonchev–Trinajstić information content (AvgIpc) is 2.45. The molecule has 0 unspecified atom stereocenters. The van der Waals surface area contributed by atoms with Crippen molar-refractivity contribution in [3.05, 3.63) is 35.1 Å². The molecule has 0 atom stereocenters. The van der Waals surface area contributed by atoms with Crippen LogP contribution >= 0.6 is 0 Å². The van der Waals surface area contributed by atoms with Gasteiger partial charge in [0.1, 0.15) is 5.82 Å². The smallest absolute Gasteiger partial charge is 0.335 e. The third-order valence-corrected chi connectivity index (χ3v) is 4.53. The largest absolute Gasteiger partial charge is 0.478 e. The fourth-order valence-corrected chi connectivity index (χ4v) is 2.87. The van der Waals surface area contributed by atoms with E-state index in [0.29, 0.717) is 13.0 Å². The fourth-order valence-electron chi connectivity index (χ4n) is 1.94. The van der Waals surface area contributed by atoms with Crippen LogP contribution in [0.15, 0.2) is 18.2 Å². The second kappa shape index (κ2) is 8.02. The normalized spacial score (nSPS) is 11.5. The zero-order valence-electron chi connectivity index (χ0n) is 12.9. The van der Waals surface area contributed by atoms with E-state index < -0.39 is 27.7 Å². The summed E-state index contributed by atoms with van der Waals surface area (Å²) in [6.45, 7) is 2.46. The molecule has 0 bridgehead atoms. The van der Waals surface area contributed by atoms with Crippen molar-refractivity contribution in [1.82, 2.24) is 9.62 Å². The van der Waals surface area contributed by atoms with Crippen LogP contribution in [-0.4, -0.2) is 55.6 Å². The summed E-state index contributed by atoms with van der Waals surface area (Å²) in [5.41, 5.74) is -0.503. The maximum absolute atomic E-state index is 13.7. The third-order valence-electron chi connectivity index (χ3n) is 3.15. The number of carboxylic acid groups (broad SMARTS) is 1. The minimum atomic E-state index is -3.28. The zero-order chi connectivity index (χ0) is 17.6. The molecule has 0 fully saturated rings. The number of rotatable bonds is 8. The SMILES string of the molecule is CCN(CCCNC(=O)c1ccc(C(=O)O)cc1F)S(C)(=O)=O. The molecule has 128 valence electrons. The van der Waals surface area contributed by atoms with Gasteiger partial charge < -0.3 is 10.4 Å². The highest BCUT2D eigenvalue weighted by Gasteiger charge is 2.16. The Morgan fingerprint density at radius 2 is 2.00 bits per heavy atom. The molecule has 0 aromatic heterocycles. The molecule has 0 radical (unpaired) electrons. The molecule has 0 heterocycles. The molecule has 1 rings (SSSR count). The Labute approximate surface area is 134 Å². The number of hydrogen-bond donors (Lipinski definition) is 2. The van der Waals surface area contributed by atoms with Crippen LogP contribution in [0.2, 0.25) is 0 Å². The van der Waals surface area contributed by atoms with Crippen molar-refractivity contribution in [3.8, 4) is 0 Å². The molecule has 1 aromatic rings. The van der Waals surface area contributed by atoms with Crippen LogP contribution in [0.5, 0.6) is 0 Å². The summed E-state index contributed by atoms with van der Waals surface area (Å²) < 4.78 is 37.7. The molecule has 2 N–H and O–H groups in total. The third kappa shape index (κ3) is 5.61. The van der Waals surface area contributed by atoms with E-state index in [1.807, 2.05) is 0 Å². The topological polar surface area (TPSA) is 104 Å². The minimum Gasteiger partial charge on any atom is -0.478 e. The van der Waals surface area contributed by atoms with Crippen molar-refractivity contribution in [2.75, 3.05) is 25.9 Å². The number of hydrogen-bond acceptors (Lipinski definition) is 4. The molecule has 0 aliphatic heterocycles. The summed E-state index contributed by atoms with van der Waals surface area (Å²) in [6.07, 6.45) is 1.48. The van der Waals surface area contributed by atoms with E-state index in [4.69, 9.17) is 5.11 Å². The first-order valence-corrected chi connectivity index (χ1v) is 8.77. The van der Waals surface area contributed by atoms with Gasteiger partial charge in [-0.05, 0) is 24.6 Å². The Bertz CT molecular complexity index is 690. The van der Waals surface area contributed by atoms with E-state index in [2.05, 4.69) is 5.32 Å². The summed E-state index contributed by atoms with van der Waals surface area (Å²) in [4.78, 5) is 22.5. The Morgan fingerprint density at radius 1 is 1.35 bits per heavy atom. The van der Waals surface area contributed by atoms with Gasteiger partial charge in [-0.1, -0.05) is 6.92 Å². The van der Waals surface area contributed by atoms with Gasteiger partial charge in [0.25, 0.3) is 5.91 Å². The van der Waals surface area contributed by atoms with Crippen LogP contribution in [0, 0.1) is 5.82 Å². The number of carbonyl (C=O) groups is 2. The van der Waals surface area contributed by atoms with Gasteiger partial charge in [0.2, 0.25) is 10.0 Å². The summed E-state index contributed by atoms with van der Waals surface area (Å²) in [5, 5.41) is 11.2.